The van der Waals surface area contributed by atoms with Crippen molar-refractivity contribution in [2.75, 3.05) is 11.9 Å². The SMILES string of the molecule is CCOc1cc2c(cc1NC(=O)[C@H](C)N)OC(C)C2. The molecule has 0 saturated carbocycles. The molecule has 1 unspecified atom stereocenters. The highest BCUT2D eigenvalue weighted by Crippen LogP contribution is 2.38. The van der Waals surface area contributed by atoms with Gasteiger partial charge in [0, 0.05) is 18.1 Å². The third kappa shape index (κ3) is 2.98. The van der Waals surface area contributed by atoms with Crippen LogP contribution in [-0.2, 0) is 11.2 Å². The average molecular weight is 264 g/mol. The number of ether oxygens (including phenoxy) is 2. The van der Waals surface area contributed by atoms with Crippen LogP contribution in [0.4, 0.5) is 5.69 Å². The Morgan fingerprint density at radius 1 is 1.63 bits per heavy atom. The van der Waals surface area contributed by atoms with Crippen LogP contribution in [0.25, 0.3) is 0 Å². The van der Waals surface area contributed by atoms with Crippen molar-refractivity contribution in [3.8, 4) is 11.5 Å². The van der Waals surface area contributed by atoms with Crippen LogP contribution in [0.5, 0.6) is 11.5 Å². The molecule has 1 aromatic carbocycles. The van der Waals surface area contributed by atoms with Gasteiger partial charge in [0.25, 0.3) is 0 Å². The van der Waals surface area contributed by atoms with Crippen LogP contribution in [0.2, 0.25) is 0 Å². The maximum Gasteiger partial charge on any atom is 0.241 e. The molecule has 1 amide bonds. The Kier molecular flexibility index (Phi) is 3.95. The molecular formula is C14H20N2O3. The van der Waals surface area contributed by atoms with Crippen LogP contribution < -0.4 is 20.5 Å². The molecule has 0 radical (unpaired) electrons. The average Bonchev–Trinajstić information content (AvgIpc) is 2.68. The molecule has 1 aromatic rings. The number of anilines is 1. The number of nitrogens with two attached hydrogens (primary N) is 1. The molecule has 104 valence electrons. The number of hydrogen-bond donors (Lipinski definition) is 2. The van der Waals surface area contributed by atoms with Gasteiger partial charge in [0.2, 0.25) is 5.91 Å². The summed E-state index contributed by atoms with van der Waals surface area (Å²) in [7, 11) is 0. The third-order valence-electron chi connectivity index (χ3n) is 2.97. The minimum absolute atomic E-state index is 0.156. The first kappa shape index (κ1) is 13.7. The smallest absolute Gasteiger partial charge is 0.241 e. The number of carbonyl (C=O) groups excluding carboxylic acids is 1. The number of nitrogens with one attached hydrogen (secondary N) is 1. The summed E-state index contributed by atoms with van der Waals surface area (Å²) in [5.41, 5.74) is 7.27. The van der Waals surface area contributed by atoms with E-state index >= 15 is 0 Å². The van der Waals surface area contributed by atoms with Crippen LogP contribution in [0.15, 0.2) is 12.1 Å². The molecule has 0 spiro atoms. The van der Waals surface area contributed by atoms with E-state index in [9.17, 15) is 4.79 Å². The monoisotopic (exact) mass is 264 g/mol. The summed E-state index contributed by atoms with van der Waals surface area (Å²) < 4.78 is 11.3. The van der Waals surface area contributed by atoms with Gasteiger partial charge in [-0.25, -0.2) is 0 Å². The first-order chi connectivity index (χ1) is 9.01. The van der Waals surface area contributed by atoms with E-state index in [-0.39, 0.29) is 12.0 Å². The Bertz CT molecular complexity index is 486. The zero-order valence-electron chi connectivity index (χ0n) is 11.5. The second-order valence-corrected chi connectivity index (χ2v) is 4.80. The van der Waals surface area contributed by atoms with Gasteiger partial charge in [-0.2, -0.15) is 0 Å². The number of rotatable bonds is 4. The van der Waals surface area contributed by atoms with Crippen molar-refractivity contribution in [3.05, 3.63) is 17.7 Å². The Morgan fingerprint density at radius 3 is 3.00 bits per heavy atom. The molecule has 0 aliphatic carbocycles. The van der Waals surface area contributed by atoms with Gasteiger partial charge in [0.1, 0.15) is 17.6 Å². The van der Waals surface area contributed by atoms with E-state index < -0.39 is 6.04 Å². The second-order valence-electron chi connectivity index (χ2n) is 4.80. The lowest BCUT2D eigenvalue weighted by Gasteiger charge is -2.14. The molecule has 1 aliphatic heterocycles. The standard InChI is InChI=1S/C14H20N2O3/c1-4-18-13-6-10-5-8(2)19-12(10)7-11(13)16-14(17)9(3)15/h6-9H,4-5,15H2,1-3H3,(H,16,17)/t8?,9-/m0/s1. The van der Waals surface area contributed by atoms with Gasteiger partial charge >= 0.3 is 0 Å². The van der Waals surface area contributed by atoms with Crippen molar-refractivity contribution in [2.24, 2.45) is 5.73 Å². The maximum atomic E-state index is 11.7. The lowest BCUT2D eigenvalue weighted by atomic mass is 10.1. The van der Waals surface area contributed by atoms with Crippen LogP contribution in [0, 0.1) is 0 Å². The molecule has 0 bridgehead atoms. The molecule has 5 nitrogen and oxygen atoms in total. The number of amides is 1. The quantitative estimate of drug-likeness (QED) is 0.868. The van der Waals surface area contributed by atoms with E-state index in [1.807, 2.05) is 26.0 Å². The molecular weight excluding hydrogens is 244 g/mol. The van der Waals surface area contributed by atoms with Gasteiger partial charge in [0.15, 0.2) is 0 Å². The van der Waals surface area contributed by atoms with E-state index in [0.717, 1.165) is 17.7 Å². The van der Waals surface area contributed by atoms with Gasteiger partial charge in [-0.05, 0) is 26.8 Å². The van der Waals surface area contributed by atoms with Crippen LogP contribution >= 0.6 is 0 Å². The highest BCUT2D eigenvalue weighted by atomic mass is 16.5. The first-order valence-corrected chi connectivity index (χ1v) is 6.54. The molecule has 2 atom stereocenters. The van der Waals surface area contributed by atoms with Crippen LogP contribution in [0.1, 0.15) is 26.3 Å². The topological polar surface area (TPSA) is 73.6 Å². The summed E-state index contributed by atoms with van der Waals surface area (Å²) in [6.07, 6.45) is 1.01. The number of hydrogen-bond acceptors (Lipinski definition) is 4. The molecule has 1 aliphatic rings. The molecule has 5 heteroatoms. The van der Waals surface area contributed by atoms with Crippen LogP contribution in [0.3, 0.4) is 0 Å². The summed E-state index contributed by atoms with van der Waals surface area (Å²) in [5, 5.41) is 2.77. The normalized spacial score (nSPS) is 18.4. The van der Waals surface area contributed by atoms with Crippen LogP contribution in [-0.4, -0.2) is 24.7 Å². The highest BCUT2D eigenvalue weighted by molar-refractivity contribution is 5.96. The zero-order chi connectivity index (χ0) is 14.0. The fourth-order valence-electron chi connectivity index (χ4n) is 2.06. The largest absolute Gasteiger partial charge is 0.492 e. The molecule has 0 saturated heterocycles. The van der Waals surface area contributed by atoms with E-state index in [1.165, 1.54) is 0 Å². The fraction of sp³-hybridized carbons (Fsp3) is 0.500. The van der Waals surface area contributed by atoms with Gasteiger partial charge in [-0.15, -0.1) is 0 Å². The lowest BCUT2D eigenvalue weighted by molar-refractivity contribution is -0.117. The molecule has 2 rings (SSSR count). The van der Waals surface area contributed by atoms with Crippen molar-refractivity contribution < 1.29 is 14.3 Å². The summed E-state index contributed by atoms with van der Waals surface area (Å²) >= 11 is 0. The summed E-state index contributed by atoms with van der Waals surface area (Å²) in [6, 6.07) is 3.17. The van der Waals surface area contributed by atoms with E-state index in [4.69, 9.17) is 15.2 Å². The predicted octanol–water partition coefficient (Wildman–Crippen LogP) is 1.69. The number of carbonyl (C=O) groups is 1. The van der Waals surface area contributed by atoms with E-state index in [0.29, 0.717) is 18.0 Å². The third-order valence-corrected chi connectivity index (χ3v) is 2.97. The van der Waals surface area contributed by atoms with Gasteiger partial charge in [-0.1, -0.05) is 0 Å². The fourth-order valence-corrected chi connectivity index (χ4v) is 2.06. The zero-order valence-corrected chi connectivity index (χ0v) is 11.5. The first-order valence-electron chi connectivity index (χ1n) is 6.54. The Labute approximate surface area is 113 Å². The van der Waals surface area contributed by atoms with Crippen molar-refractivity contribution >= 4 is 11.6 Å². The van der Waals surface area contributed by atoms with Crippen molar-refractivity contribution in [2.45, 2.75) is 39.3 Å². The summed E-state index contributed by atoms with van der Waals surface area (Å²) in [5.74, 6) is 1.22. The summed E-state index contributed by atoms with van der Waals surface area (Å²) in [4.78, 5) is 11.7. The van der Waals surface area contributed by atoms with Crippen molar-refractivity contribution in [1.29, 1.82) is 0 Å². The molecule has 1 heterocycles. The maximum absolute atomic E-state index is 11.7. The van der Waals surface area contributed by atoms with Crippen molar-refractivity contribution in [1.82, 2.24) is 0 Å². The number of fused-ring (bicyclic) bond motifs is 1. The van der Waals surface area contributed by atoms with E-state index in [1.54, 1.807) is 6.92 Å². The Balaban J connectivity index is 2.30. The van der Waals surface area contributed by atoms with Crippen molar-refractivity contribution in [3.63, 3.8) is 0 Å². The minimum Gasteiger partial charge on any atom is -0.492 e. The lowest BCUT2D eigenvalue weighted by Crippen LogP contribution is -2.32. The molecule has 19 heavy (non-hydrogen) atoms. The molecule has 0 aromatic heterocycles. The minimum atomic E-state index is -0.567. The van der Waals surface area contributed by atoms with Gasteiger partial charge in [-0.3, -0.25) is 4.79 Å². The Hall–Kier alpha value is -1.75. The number of benzene rings is 1. The second kappa shape index (κ2) is 5.48. The molecule has 0 fully saturated rings. The highest BCUT2D eigenvalue weighted by Gasteiger charge is 2.22. The Morgan fingerprint density at radius 2 is 2.37 bits per heavy atom. The predicted molar refractivity (Wildman–Crippen MR) is 73.7 cm³/mol. The van der Waals surface area contributed by atoms with Gasteiger partial charge in [0.05, 0.1) is 18.3 Å². The summed E-state index contributed by atoms with van der Waals surface area (Å²) in [6.45, 7) is 6.10. The van der Waals surface area contributed by atoms with Gasteiger partial charge < -0.3 is 20.5 Å². The van der Waals surface area contributed by atoms with E-state index in [2.05, 4.69) is 5.32 Å². The molecule has 3 N–H and O–H groups in total.